The number of ether oxygens (including phenoxy) is 1. The molecule has 1 heterocycles. The first-order chi connectivity index (χ1) is 9.60. The lowest BCUT2D eigenvalue weighted by Gasteiger charge is -2.10. The number of rotatable bonds is 5. The Hall–Kier alpha value is -1.95. The summed E-state index contributed by atoms with van der Waals surface area (Å²) in [5, 5.41) is 11.3. The number of aromatic nitrogens is 1. The van der Waals surface area contributed by atoms with E-state index in [4.69, 9.17) is 4.74 Å². The van der Waals surface area contributed by atoms with Crippen LogP contribution < -0.4 is 4.74 Å². The molecule has 20 heavy (non-hydrogen) atoms. The van der Waals surface area contributed by atoms with E-state index in [2.05, 4.69) is 20.9 Å². The van der Waals surface area contributed by atoms with Crippen molar-refractivity contribution in [1.82, 2.24) is 4.98 Å². The van der Waals surface area contributed by atoms with Gasteiger partial charge >= 0.3 is 0 Å². The maximum absolute atomic E-state index is 10.7. The van der Waals surface area contributed by atoms with Gasteiger partial charge in [-0.3, -0.25) is 15.1 Å². The van der Waals surface area contributed by atoms with Gasteiger partial charge in [-0.1, -0.05) is 28.1 Å². The van der Waals surface area contributed by atoms with Crippen molar-refractivity contribution in [3.8, 4) is 5.75 Å². The Morgan fingerprint density at radius 3 is 2.85 bits per heavy atom. The summed E-state index contributed by atoms with van der Waals surface area (Å²) in [5.41, 5.74) is 2.55. The van der Waals surface area contributed by atoms with Gasteiger partial charge in [0, 0.05) is 23.2 Å². The monoisotopic (exact) mass is 336 g/mol. The van der Waals surface area contributed by atoms with Crippen LogP contribution in [0.5, 0.6) is 5.75 Å². The first-order valence-electron chi connectivity index (χ1n) is 5.99. The van der Waals surface area contributed by atoms with Crippen LogP contribution in [0.2, 0.25) is 0 Å². The molecule has 1 aromatic carbocycles. The second kappa shape index (κ2) is 6.47. The lowest BCUT2D eigenvalue weighted by molar-refractivity contribution is -0.384. The molecule has 0 amide bonds. The molecule has 6 heteroatoms. The van der Waals surface area contributed by atoms with Crippen LogP contribution in [0.4, 0.5) is 5.69 Å². The summed E-state index contributed by atoms with van der Waals surface area (Å²) in [5.74, 6) is 0.680. The van der Waals surface area contributed by atoms with E-state index in [0.29, 0.717) is 11.1 Å². The van der Waals surface area contributed by atoms with Crippen LogP contribution in [0, 0.1) is 17.0 Å². The zero-order chi connectivity index (χ0) is 14.5. The average Bonchev–Trinajstić information content (AvgIpc) is 2.46. The predicted molar refractivity (Wildman–Crippen MR) is 79.0 cm³/mol. The van der Waals surface area contributed by atoms with E-state index in [-0.39, 0.29) is 12.3 Å². The molecule has 0 saturated carbocycles. The Labute approximate surface area is 124 Å². The summed E-state index contributed by atoms with van der Waals surface area (Å²) in [6, 6.07) is 10.1. The zero-order valence-electron chi connectivity index (χ0n) is 10.9. The summed E-state index contributed by atoms with van der Waals surface area (Å²) in [6.45, 7) is 2.18. The summed E-state index contributed by atoms with van der Waals surface area (Å²) in [4.78, 5) is 14.7. The molecule has 0 aliphatic heterocycles. The number of hydrogen-bond acceptors (Lipinski definition) is 4. The number of nitro benzene ring substituents is 1. The number of pyridine rings is 1. The lowest BCUT2D eigenvalue weighted by Crippen LogP contribution is -2.01. The number of alkyl halides is 1. The molecule has 0 atom stereocenters. The summed E-state index contributed by atoms with van der Waals surface area (Å²) in [7, 11) is 0. The minimum absolute atomic E-state index is 0.0637. The fourth-order valence-corrected chi connectivity index (χ4v) is 2.15. The van der Waals surface area contributed by atoms with Crippen molar-refractivity contribution < 1.29 is 9.66 Å². The van der Waals surface area contributed by atoms with Crippen LogP contribution in [0.1, 0.15) is 17.0 Å². The van der Waals surface area contributed by atoms with Crippen LogP contribution >= 0.6 is 15.9 Å². The van der Waals surface area contributed by atoms with Gasteiger partial charge in [-0.25, -0.2) is 0 Å². The normalized spacial score (nSPS) is 10.3. The van der Waals surface area contributed by atoms with Crippen molar-refractivity contribution in [2.75, 3.05) is 0 Å². The second-order valence-electron chi connectivity index (χ2n) is 4.25. The molecule has 0 saturated heterocycles. The molecule has 0 spiro atoms. The highest BCUT2D eigenvalue weighted by atomic mass is 79.9. The number of benzene rings is 1. The number of non-ortho nitro benzene ring substituents is 1. The smallest absolute Gasteiger partial charge is 0.269 e. The highest BCUT2D eigenvalue weighted by molar-refractivity contribution is 9.08. The quantitative estimate of drug-likeness (QED) is 0.473. The van der Waals surface area contributed by atoms with Crippen LogP contribution in [0.25, 0.3) is 0 Å². The molecule has 0 radical (unpaired) electrons. The number of halogens is 1. The first-order valence-corrected chi connectivity index (χ1v) is 7.11. The number of hydrogen-bond donors (Lipinski definition) is 0. The van der Waals surface area contributed by atoms with Gasteiger partial charge in [0.1, 0.15) is 12.4 Å². The maximum atomic E-state index is 10.7. The van der Waals surface area contributed by atoms with E-state index < -0.39 is 4.92 Å². The van der Waals surface area contributed by atoms with E-state index in [1.807, 2.05) is 19.1 Å². The van der Waals surface area contributed by atoms with Crippen molar-refractivity contribution in [2.24, 2.45) is 0 Å². The predicted octanol–water partition coefficient (Wildman–Crippen LogP) is 3.77. The van der Waals surface area contributed by atoms with Gasteiger partial charge in [-0.15, -0.1) is 0 Å². The molecule has 0 aliphatic carbocycles. The van der Waals surface area contributed by atoms with E-state index in [0.717, 1.165) is 17.0 Å². The van der Waals surface area contributed by atoms with Crippen LogP contribution in [0.15, 0.2) is 36.4 Å². The third-order valence-corrected chi connectivity index (χ3v) is 3.25. The van der Waals surface area contributed by atoms with Crippen LogP contribution in [0.3, 0.4) is 0 Å². The van der Waals surface area contributed by atoms with Crippen LogP contribution in [-0.2, 0) is 11.9 Å². The standard InChI is InChI=1S/C14H13BrN2O3/c1-10-5-6-14(13(8-15)16-10)20-9-11-3-2-4-12(7-11)17(18)19/h2-7H,8-9H2,1H3. The van der Waals surface area contributed by atoms with Gasteiger partial charge in [0.15, 0.2) is 0 Å². The van der Waals surface area contributed by atoms with Gasteiger partial charge in [0.2, 0.25) is 0 Å². The SMILES string of the molecule is Cc1ccc(OCc2cccc([N+](=O)[O-])c2)c(CBr)n1. The Balaban J connectivity index is 2.12. The Bertz CT molecular complexity index is 632. The topological polar surface area (TPSA) is 65.3 Å². The molecule has 0 unspecified atom stereocenters. The molecule has 0 aliphatic rings. The minimum atomic E-state index is -0.416. The highest BCUT2D eigenvalue weighted by Gasteiger charge is 2.08. The number of nitro groups is 1. The molecule has 1 aromatic heterocycles. The Morgan fingerprint density at radius 2 is 2.15 bits per heavy atom. The lowest BCUT2D eigenvalue weighted by atomic mass is 10.2. The van der Waals surface area contributed by atoms with Crippen molar-refractivity contribution in [1.29, 1.82) is 0 Å². The van der Waals surface area contributed by atoms with Crippen molar-refractivity contribution in [3.05, 3.63) is 63.5 Å². The maximum Gasteiger partial charge on any atom is 0.269 e. The molecule has 104 valence electrons. The Morgan fingerprint density at radius 1 is 1.35 bits per heavy atom. The molecule has 0 N–H and O–H groups in total. The minimum Gasteiger partial charge on any atom is -0.487 e. The van der Waals surface area contributed by atoms with E-state index in [1.54, 1.807) is 12.1 Å². The fraction of sp³-hybridized carbons (Fsp3) is 0.214. The summed E-state index contributed by atoms with van der Waals surface area (Å²) in [6.07, 6.45) is 0. The zero-order valence-corrected chi connectivity index (χ0v) is 12.5. The molecule has 2 rings (SSSR count). The second-order valence-corrected chi connectivity index (χ2v) is 4.81. The van der Waals surface area contributed by atoms with Gasteiger partial charge < -0.3 is 4.74 Å². The third kappa shape index (κ3) is 3.54. The fourth-order valence-electron chi connectivity index (χ4n) is 1.75. The highest BCUT2D eigenvalue weighted by Crippen LogP contribution is 2.21. The van der Waals surface area contributed by atoms with Crippen molar-refractivity contribution in [3.63, 3.8) is 0 Å². The van der Waals surface area contributed by atoms with Gasteiger partial charge in [0.25, 0.3) is 5.69 Å². The largest absolute Gasteiger partial charge is 0.487 e. The number of nitrogens with zero attached hydrogens (tertiary/aromatic N) is 2. The molecule has 0 fully saturated rings. The summed E-state index contributed by atoms with van der Waals surface area (Å²) >= 11 is 3.37. The molecule has 0 bridgehead atoms. The van der Waals surface area contributed by atoms with E-state index >= 15 is 0 Å². The van der Waals surface area contributed by atoms with Crippen molar-refractivity contribution in [2.45, 2.75) is 18.9 Å². The molecule has 5 nitrogen and oxygen atoms in total. The average molecular weight is 337 g/mol. The van der Waals surface area contributed by atoms with Gasteiger partial charge in [-0.2, -0.15) is 0 Å². The molecule has 2 aromatic rings. The molecular formula is C14H13BrN2O3. The third-order valence-electron chi connectivity index (χ3n) is 2.71. The van der Waals surface area contributed by atoms with E-state index in [9.17, 15) is 10.1 Å². The van der Waals surface area contributed by atoms with Gasteiger partial charge in [-0.05, 0) is 24.6 Å². The summed E-state index contributed by atoms with van der Waals surface area (Å²) < 4.78 is 5.69. The number of aryl methyl sites for hydroxylation is 1. The Kier molecular flexibility index (Phi) is 4.68. The van der Waals surface area contributed by atoms with E-state index in [1.165, 1.54) is 12.1 Å². The van der Waals surface area contributed by atoms with Gasteiger partial charge in [0.05, 0.1) is 10.6 Å². The molecular weight excluding hydrogens is 324 g/mol. The van der Waals surface area contributed by atoms with Crippen molar-refractivity contribution >= 4 is 21.6 Å². The van der Waals surface area contributed by atoms with Crippen LogP contribution in [-0.4, -0.2) is 9.91 Å². The first kappa shape index (κ1) is 14.5.